The van der Waals surface area contributed by atoms with E-state index < -0.39 is 0 Å². The summed E-state index contributed by atoms with van der Waals surface area (Å²) in [6.07, 6.45) is 4.07. The molecule has 0 atom stereocenters. The maximum absolute atomic E-state index is 3.18. The van der Waals surface area contributed by atoms with Crippen LogP contribution in [0.5, 0.6) is 0 Å². The molecule has 0 aromatic carbocycles. The van der Waals surface area contributed by atoms with E-state index >= 15 is 0 Å². The van der Waals surface area contributed by atoms with Gasteiger partial charge in [-0.15, -0.1) is 0 Å². The molecule has 0 saturated heterocycles. The summed E-state index contributed by atoms with van der Waals surface area (Å²) in [5.41, 5.74) is 1.22. The Morgan fingerprint density at radius 3 is 3.20 bits per heavy atom. The summed E-state index contributed by atoms with van der Waals surface area (Å²) in [6.45, 7) is 3.17. The Bertz CT molecular complexity index is 330. The van der Waals surface area contributed by atoms with Crippen LogP contribution in [0.4, 0.5) is 0 Å². The van der Waals surface area contributed by atoms with Crippen LogP contribution in [0.2, 0.25) is 0 Å². The van der Waals surface area contributed by atoms with Crippen molar-refractivity contribution in [3.05, 3.63) is 24.5 Å². The fourth-order valence-electron chi connectivity index (χ4n) is 1.26. The van der Waals surface area contributed by atoms with Gasteiger partial charge < -0.3 is 9.55 Å². The number of aromatic nitrogens is 2. The summed E-state index contributed by atoms with van der Waals surface area (Å²) in [5.74, 6) is 0. The van der Waals surface area contributed by atoms with Crippen molar-refractivity contribution in [2.24, 2.45) is 0 Å². The van der Waals surface area contributed by atoms with Gasteiger partial charge in [0.2, 0.25) is 0 Å². The second-order valence-electron chi connectivity index (χ2n) is 2.38. The summed E-state index contributed by atoms with van der Waals surface area (Å²) < 4.78 is 2.19. The van der Waals surface area contributed by atoms with Crippen molar-refractivity contribution in [1.29, 1.82) is 0 Å². The summed E-state index contributed by atoms with van der Waals surface area (Å²) >= 11 is 0. The largest absolute Gasteiger partial charge is 0.348 e. The maximum atomic E-state index is 3.18. The highest BCUT2D eigenvalue weighted by Crippen LogP contribution is 2.12. The molecule has 0 radical (unpaired) electrons. The molecule has 0 fully saturated rings. The minimum atomic E-state index is 1.03. The third-order valence-corrected chi connectivity index (χ3v) is 1.82. The molecule has 2 aromatic heterocycles. The summed E-state index contributed by atoms with van der Waals surface area (Å²) in [6, 6.07) is 4.21. The van der Waals surface area contributed by atoms with Gasteiger partial charge in [0, 0.05) is 24.3 Å². The Hall–Kier alpha value is -1.18. The number of fused-ring (bicyclic) bond motifs is 1. The number of aryl methyl sites for hydroxylation is 1. The molecule has 0 saturated carbocycles. The third-order valence-electron chi connectivity index (χ3n) is 1.82. The number of aromatic amines is 1. The first-order valence-electron chi connectivity index (χ1n) is 3.54. The van der Waals surface area contributed by atoms with Crippen LogP contribution in [0.3, 0.4) is 0 Å². The monoisotopic (exact) mass is 134 g/mol. The zero-order chi connectivity index (χ0) is 6.97. The van der Waals surface area contributed by atoms with Crippen LogP contribution < -0.4 is 0 Å². The number of nitrogens with zero attached hydrogens (tertiary/aromatic N) is 1. The van der Waals surface area contributed by atoms with Crippen molar-refractivity contribution in [2.75, 3.05) is 0 Å². The fourth-order valence-corrected chi connectivity index (χ4v) is 1.26. The van der Waals surface area contributed by atoms with Gasteiger partial charge in [-0.1, -0.05) is 0 Å². The zero-order valence-electron chi connectivity index (χ0n) is 5.96. The van der Waals surface area contributed by atoms with Crippen molar-refractivity contribution in [2.45, 2.75) is 13.5 Å². The minimum absolute atomic E-state index is 1.03. The molecule has 2 rings (SSSR count). The van der Waals surface area contributed by atoms with Gasteiger partial charge in [0.15, 0.2) is 0 Å². The number of rotatable bonds is 1. The molecule has 0 spiro atoms. The molecule has 0 aliphatic rings. The Morgan fingerprint density at radius 2 is 2.40 bits per heavy atom. The first-order chi connectivity index (χ1) is 4.92. The quantitative estimate of drug-likeness (QED) is 0.615. The average molecular weight is 134 g/mol. The van der Waals surface area contributed by atoms with Crippen LogP contribution in [-0.2, 0) is 6.54 Å². The molecule has 2 heteroatoms. The van der Waals surface area contributed by atoms with E-state index in [4.69, 9.17) is 0 Å². The number of hydrogen-bond donors (Lipinski definition) is 1. The van der Waals surface area contributed by atoms with Gasteiger partial charge in [0.1, 0.15) is 5.65 Å². The first-order valence-corrected chi connectivity index (χ1v) is 3.54. The van der Waals surface area contributed by atoms with E-state index in [2.05, 4.69) is 34.8 Å². The topological polar surface area (TPSA) is 20.7 Å². The zero-order valence-corrected chi connectivity index (χ0v) is 5.96. The highest BCUT2D eigenvalue weighted by atomic mass is 15.0. The molecule has 52 valence electrons. The highest BCUT2D eigenvalue weighted by Gasteiger charge is 1.96. The predicted molar refractivity (Wildman–Crippen MR) is 42.0 cm³/mol. The molecule has 0 unspecified atom stereocenters. The second-order valence-corrected chi connectivity index (χ2v) is 2.38. The number of nitrogens with one attached hydrogen (secondary N) is 1. The molecule has 2 heterocycles. The van der Waals surface area contributed by atoms with Crippen molar-refractivity contribution in [3.8, 4) is 0 Å². The molecule has 0 aliphatic heterocycles. The summed E-state index contributed by atoms with van der Waals surface area (Å²) in [7, 11) is 0. The van der Waals surface area contributed by atoms with Gasteiger partial charge >= 0.3 is 0 Å². The average Bonchev–Trinajstić information content (AvgIpc) is 2.44. The molecule has 0 bridgehead atoms. The van der Waals surface area contributed by atoms with Crippen molar-refractivity contribution in [3.63, 3.8) is 0 Å². The van der Waals surface area contributed by atoms with E-state index in [1.54, 1.807) is 0 Å². The molecule has 0 amide bonds. The Labute approximate surface area is 59.5 Å². The lowest BCUT2D eigenvalue weighted by molar-refractivity contribution is 0.789. The third kappa shape index (κ3) is 0.588. The van der Waals surface area contributed by atoms with E-state index in [-0.39, 0.29) is 0 Å². The minimum Gasteiger partial charge on any atom is -0.348 e. The van der Waals surface area contributed by atoms with Crippen LogP contribution >= 0.6 is 0 Å². The van der Waals surface area contributed by atoms with Crippen molar-refractivity contribution in [1.82, 2.24) is 9.55 Å². The van der Waals surface area contributed by atoms with E-state index in [1.165, 1.54) is 11.0 Å². The van der Waals surface area contributed by atoms with Gasteiger partial charge in [-0.3, -0.25) is 0 Å². The normalized spacial score (nSPS) is 10.9. The predicted octanol–water partition coefficient (Wildman–Crippen LogP) is 1.99. The lowest BCUT2D eigenvalue weighted by Crippen LogP contribution is -1.89. The lowest BCUT2D eigenvalue weighted by atomic mass is 10.4. The number of hydrogen-bond acceptors (Lipinski definition) is 0. The SMILES string of the molecule is CCn1ccc2cc[nH]c21. The van der Waals surface area contributed by atoms with Gasteiger partial charge in [0.25, 0.3) is 0 Å². The second kappa shape index (κ2) is 1.90. The Kier molecular flexibility index (Phi) is 1.07. The van der Waals surface area contributed by atoms with Crippen molar-refractivity contribution >= 4 is 11.0 Å². The van der Waals surface area contributed by atoms with Crippen LogP contribution in [0.1, 0.15) is 6.92 Å². The highest BCUT2D eigenvalue weighted by molar-refractivity contribution is 5.76. The molecule has 2 nitrogen and oxygen atoms in total. The van der Waals surface area contributed by atoms with Gasteiger partial charge in [0.05, 0.1) is 0 Å². The molecule has 2 aromatic rings. The smallest absolute Gasteiger partial charge is 0.117 e. The Balaban J connectivity index is 2.76. The van der Waals surface area contributed by atoms with E-state index in [0.29, 0.717) is 0 Å². The molecule has 0 aliphatic carbocycles. The van der Waals surface area contributed by atoms with E-state index in [1.807, 2.05) is 6.20 Å². The van der Waals surface area contributed by atoms with Crippen molar-refractivity contribution < 1.29 is 0 Å². The van der Waals surface area contributed by atoms with Gasteiger partial charge in [-0.05, 0) is 19.1 Å². The molecule has 1 N–H and O–H groups in total. The standard InChI is InChI=1S/C8H10N2/c1-2-10-6-4-7-3-5-9-8(7)10/h3-6,9H,2H2,1H3. The van der Waals surface area contributed by atoms with Gasteiger partial charge in [-0.25, -0.2) is 0 Å². The molecular weight excluding hydrogens is 124 g/mol. The summed E-state index contributed by atoms with van der Waals surface area (Å²) in [4.78, 5) is 3.18. The summed E-state index contributed by atoms with van der Waals surface area (Å²) in [5, 5.41) is 1.29. The molecule has 10 heavy (non-hydrogen) atoms. The van der Waals surface area contributed by atoms with Gasteiger partial charge in [-0.2, -0.15) is 0 Å². The van der Waals surface area contributed by atoms with E-state index in [9.17, 15) is 0 Å². The first kappa shape index (κ1) is 5.59. The Morgan fingerprint density at radius 1 is 1.50 bits per heavy atom. The molecular formula is C8H10N2. The number of H-pyrrole nitrogens is 1. The maximum Gasteiger partial charge on any atom is 0.117 e. The lowest BCUT2D eigenvalue weighted by Gasteiger charge is -1.94. The van der Waals surface area contributed by atoms with Crippen LogP contribution in [0.25, 0.3) is 11.0 Å². The van der Waals surface area contributed by atoms with E-state index in [0.717, 1.165) is 6.54 Å². The van der Waals surface area contributed by atoms with Crippen LogP contribution in [0, 0.1) is 0 Å². The van der Waals surface area contributed by atoms with Crippen LogP contribution in [-0.4, -0.2) is 9.55 Å². The van der Waals surface area contributed by atoms with Crippen LogP contribution in [0.15, 0.2) is 24.5 Å². The fraction of sp³-hybridized carbons (Fsp3) is 0.250.